The van der Waals surface area contributed by atoms with Crippen molar-refractivity contribution in [1.82, 2.24) is 0 Å². The zero-order valence-electron chi connectivity index (χ0n) is 7.70. The molecule has 1 aromatic carbocycles. The molecule has 0 heterocycles. The average molecular weight is 177 g/mol. The van der Waals surface area contributed by atoms with E-state index >= 15 is 0 Å². The Kier molecular flexibility index (Phi) is 2.90. The summed E-state index contributed by atoms with van der Waals surface area (Å²) in [5, 5.41) is 2.37. The van der Waals surface area contributed by atoms with Crippen LogP contribution in [0.25, 0.3) is 0 Å². The Morgan fingerprint density at radius 3 is 2.69 bits per heavy atom. The van der Waals surface area contributed by atoms with Gasteiger partial charge in [-0.25, -0.2) is 0 Å². The van der Waals surface area contributed by atoms with Crippen molar-refractivity contribution in [2.75, 3.05) is 0 Å². The molecule has 0 saturated heterocycles. The van der Waals surface area contributed by atoms with Crippen molar-refractivity contribution in [2.45, 2.75) is 20.3 Å². The second kappa shape index (κ2) is 3.94. The molecule has 0 fully saturated rings. The standard InChI is InChI=1S/C10H11NO2/c1-3-8-6-9(10(12)11-13)5-4-7(8)2/h4-6H,3H2,1-2H3. The lowest BCUT2D eigenvalue weighted by molar-refractivity contribution is 0.100. The van der Waals surface area contributed by atoms with Crippen molar-refractivity contribution in [3.05, 3.63) is 39.8 Å². The summed E-state index contributed by atoms with van der Waals surface area (Å²) in [6.07, 6.45) is 0.853. The molecule has 1 amide bonds. The maximum atomic E-state index is 10.9. The Morgan fingerprint density at radius 2 is 2.15 bits per heavy atom. The van der Waals surface area contributed by atoms with Crippen LogP contribution in [0.3, 0.4) is 0 Å². The summed E-state index contributed by atoms with van der Waals surface area (Å²) in [4.78, 5) is 20.9. The monoisotopic (exact) mass is 177 g/mol. The topological polar surface area (TPSA) is 46.5 Å². The van der Waals surface area contributed by atoms with Gasteiger partial charge in [-0.15, -0.1) is 4.91 Å². The van der Waals surface area contributed by atoms with Gasteiger partial charge in [-0.2, -0.15) is 0 Å². The molecule has 1 aromatic rings. The van der Waals surface area contributed by atoms with Gasteiger partial charge in [0.15, 0.2) is 0 Å². The fraction of sp³-hybridized carbons (Fsp3) is 0.300. The summed E-state index contributed by atoms with van der Waals surface area (Å²) >= 11 is 0. The molecule has 3 heteroatoms. The third-order valence-electron chi connectivity index (χ3n) is 2.06. The molecule has 0 aliphatic rings. The fourth-order valence-electron chi connectivity index (χ4n) is 1.24. The molecule has 0 aliphatic carbocycles. The summed E-state index contributed by atoms with van der Waals surface area (Å²) in [5.74, 6) is -0.699. The van der Waals surface area contributed by atoms with Crippen molar-refractivity contribution in [1.29, 1.82) is 0 Å². The Balaban J connectivity index is 3.13. The molecule has 0 atom stereocenters. The molecule has 0 saturated carbocycles. The number of rotatable bonds is 2. The molecule has 0 bridgehead atoms. The normalized spacial score (nSPS) is 9.69. The van der Waals surface area contributed by atoms with E-state index in [0.29, 0.717) is 5.56 Å². The maximum absolute atomic E-state index is 10.9. The highest BCUT2D eigenvalue weighted by Gasteiger charge is 2.06. The van der Waals surface area contributed by atoms with E-state index < -0.39 is 5.91 Å². The van der Waals surface area contributed by atoms with Gasteiger partial charge < -0.3 is 0 Å². The van der Waals surface area contributed by atoms with Crippen LogP contribution in [0.15, 0.2) is 23.4 Å². The molecule has 3 nitrogen and oxygen atoms in total. The zero-order chi connectivity index (χ0) is 9.84. The number of nitrogens with zero attached hydrogens (tertiary/aromatic N) is 1. The van der Waals surface area contributed by atoms with Crippen LogP contribution in [0.5, 0.6) is 0 Å². The summed E-state index contributed by atoms with van der Waals surface area (Å²) in [6, 6.07) is 5.18. The zero-order valence-corrected chi connectivity index (χ0v) is 7.70. The Bertz CT molecular complexity index is 345. The first-order valence-corrected chi connectivity index (χ1v) is 4.16. The van der Waals surface area contributed by atoms with Gasteiger partial charge in [0.25, 0.3) is 0 Å². The van der Waals surface area contributed by atoms with Crippen LogP contribution < -0.4 is 0 Å². The number of carbonyl (C=O) groups is 1. The minimum absolute atomic E-state index is 0.373. The second-order valence-corrected chi connectivity index (χ2v) is 2.89. The van der Waals surface area contributed by atoms with E-state index in [9.17, 15) is 9.70 Å². The van der Waals surface area contributed by atoms with Crippen LogP contribution >= 0.6 is 0 Å². The number of amides is 1. The predicted molar refractivity (Wildman–Crippen MR) is 50.7 cm³/mol. The summed E-state index contributed by atoms with van der Waals surface area (Å²) in [6.45, 7) is 3.98. The Morgan fingerprint density at radius 1 is 1.46 bits per heavy atom. The van der Waals surface area contributed by atoms with Crippen LogP contribution in [-0.2, 0) is 6.42 Å². The molecule has 0 aliphatic heterocycles. The highest BCUT2D eigenvalue weighted by atomic mass is 16.3. The van der Waals surface area contributed by atoms with Gasteiger partial charge in [-0.05, 0) is 36.6 Å². The fourth-order valence-corrected chi connectivity index (χ4v) is 1.24. The first-order valence-electron chi connectivity index (χ1n) is 4.16. The molecule has 68 valence electrons. The van der Waals surface area contributed by atoms with Gasteiger partial charge >= 0.3 is 5.91 Å². The maximum Gasteiger partial charge on any atom is 0.316 e. The van der Waals surface area contributed by atoms with Gasteiger partial charge in [0, 0.05) is 10.7 Å². The molecule has 1 rings (SSSR count). The average Bonchev–Trinajstić information content (AvgIpc) is 2.17. The van der Waals surface area contributed by atoms with E-state index in [-0.39, 0.29) is 0 Å². The predicted octanol–water partition coefficient (Wildman–Crippen LogP) is 2.46. The number of hydrogen-bond acceptors (Lipinski definition) is 2. The molecule has 0 spiro atoms. The van der Waals surface area contributed by atoms with Gasteiger partial charge in [0.05, 0.1) is 0 Å². The quantitative estimate of drug-likeness (QED) is 0.651. The lowest BCUT2D eigenvalue weighted by Gasteiger charge is -2.02. The number of carbonyl (C=O) groups excluding carboxylic acids is 1. The minimum atomic E-state index is -0.699. The summed E-state index contributed by atoms with van der Waals surface area (Å²) < 4.78 is 0. The Labute approximate surface area is 76.7 Å². The van der Waals surface area contributed by atoms with Crippen molar-refractivity contribution >= 4 is 5.91 Å². The van der Waals surface area contributed by atoms with Crippen LogP contribution in [0.1, 0.15) is 28.4 Å². The first kappa shape index (κ1) is 9.58. The van der Waals surface area contributed by atoms with E-state index in [4.69, 9.17) is 0 Å². The molecule has 13 heavy (non-hydrogen) atoms. The van der Waals surface area contributed by atoms with Gasteiger partial charge in [-0.3, -0.25) is 4.79 Å². The minimum Gasteiger partial charge on any atom is -0.263 e. The summed E-state index contributed by atoms with van der Waals surface area (Å²) in [5.41, 5.74) is 2.58. The number of hydrogen-bond donors (Lipinski definition) is 0. The van der Waals surface area contributed by atoms with Crippen molar-refractivity contribution in [2.24, 2.45) is 5.18 Å². The summed E-state index contributed by atoms with van der Waals surface area (Å²) in [7, 11) is 0. The SMILES string of the molecule is CCc1cc(C(=O)N=O)ccc1C. The van der Waals surface area contributed by atoms with E-state index in [1.165, 1.54) is 0 Å². The first-order chi connectivity index (χ1) is 6.19. The second-order valence-electron chi connectivity index (χ2n) is 2.89. The van der Waals surface area contributed by atoms with Crippen molar-refractivity contribution in [3.8, 4) is 0 Å². The van der Waals surface area contributed by atoms with Crippen LogP contribution in [-0.4, -0.2) is 5.91 Å². The van der Waals surface area contributed by atoms with E-state index in [1.54, 1.807) is 12.1 Å². The molecular weight excluding hydrogens is 166 g/mol. The van der Waals surface area contributed by atoms with Crippen LogP contribution in [0.2, 0.25) is 0 Å². The van der Waals surface area contributed by atoms with E-state index in [1.807, 2.05) is 19.9 Å². The molecule has 0 radical (unpaired) electrons. The lowest BCUT2D eigenvalue weighted by atomic mass is 10.0. The highest BCUT2D eigenvalue weighted by molar-refractivity contribution is 5.95. The third-order valence-corrected chi connectivity index (χ3v) is 2.06. The third kappa shape index (κ3) is 1.99. The smallest absolute Gasteiger partial charge is 0.263 e. The number of nitroso groups, excluding NO2 is 1. The molecular formula is C10H11NO2. The van der Waals surface area contributed by atoms with Crippen molar-refractivity contribution < 1.29 is 4.79 Å². The lowest BCUT2D eigenvalue weighted by Crippen LogP contribution is -1.96. The van der Waals surface area contributed by atoms with Crippen LogP contribution in [0, 0.1) is 11.8 Å². The van der Waals surface area contributed by atoms with Gasteiger partial charge in [0.2, 0.25) is 0 Å². The van der Waals surface area contributed by atoms with E-state index in [0.717, 1.165) is 17.5 Å². The molecule has 0 aromatic heterocycles. The number of aryl methyl sites for hydroxylation is 2. The van der Waals surface area contributed by atoms with Gasteiger partial charge in [0.1, 0.15) is 0 Å². The Hall–Kier alpha value is -1.51. The largest absolute Gasteiger partial charge is 0.316 e. The molecule has 0 N–H and O–H groups in total. The van der Waals surface area contributed by atoms with E-state index in [2.05, 4.69) is 5.18 Å². The highest BCUT2D eigenvalue weighted by Crippen LogP contribution is 2.12. The van der Waals surface area contributed by atoms with Crippen LogP contribution in [0.4, 0.5) is 0 Å². The number of benzene rings is 1. The van der Waals surface area contributed by atoms with Gasteiger partial charge in [-0.1, -0.05) is 13.0 Å². The van der Waals surface area contributed by atoms with Crippen molar-refractivity contribution in [3.63, 3.8) is 0 Å². The molecule has 0 unspecified atom stereocenters.